The molecular formula is C11H19N3OS. The second kappa shape index (κ2) is 7.33. The van der Waals surface area contributed by atoms with Gasteiger partial charge in [-0.25, -0.2) is 4.98 Å². The SMILES string of the molecule is CCCCCCOc1cc(N)nc(SC)n1. The largest absolute Gasteiger partial charge is 0.478 e. The summed E-state index contributed by atoms with van der Waals surface area (Å²) in [6.45, 7) is 2.89. The molecule has 0 bridgehead atoms. The Hall–Kier alpha value is -0.970. The predicted octanol–water partition coefficient (Wildman–Crippen LogP) is 2.74. The van der Waals surface area contributed by atoms with Crippen molar-refractivity contribution in [2.24, 2.45) is 0 Å². The van der Waals surface area contributed by atoms with E-state index in [4.69, 9.17) is 10.5 Å². The summed E-state index contributed by atoms with van der Waals surface area (Å²) in [6, 6.07) is 1.67. The lowest BCUT2D eigenvalue weighted by Crippen LogP contribution is -2.02. The summed E-state index contributed by atoms with van der Waals surface area (Å²) in [6.07, 6.45) is 6.67. The summed E-state index contributed by atoms with van der Waals surface area (Å²) >= 11 is 1.46. The smallest absolute Gasteiger partial charge is 0.219 e. The van der Waals surface area contributed by atoms with Gasteiger partial charge in [0.15, 0.2) is 5.16 Å². The number of anilines is 1. The Morgan fingerprint density at radius 3 is 2.81 bits per heavy atom. The highest BCUT2D eigenvalue weighted by atomic mass is 32.2. The van der Waals surface area contributed by atoms with Crippen LogP contribution in [0.4, 0.5) is 5.82 Å². The molecule has 1 aromatic rings. The Morgan fingerprint density at radius 1 is 1.31 bits per heavy atom. The molecular weight excluding hydrogens is 222 g/mol. The third kappa shape index (κ3) is 4.70. The molecule has 0 radical (unpaired) electrons. The van der Waals surface area contributed by atoms with Crippen LogP contribution >= 0.6 is 11.8 Å². The third-order valence-corrected chi connectivity index (χ3v) is 2.68. The fourth-order valence-corrected chi connectivity index (χ4v) is 1.67. The van der Waals surface area contributed by atoms with Crippen LogP contribution < -0.4 is 10.5 Å². The average molecular weight is 241 g/mol. The first kappa shape index (κ1) is 13.1. The number of hydrogen-bond donors (Lipinski definition) is 1. The van der Waals surface area contributed by atoms with Crippen molar-refractivity contribution in [2.75, 3.05) is 18.6 Å². The number of hydrogen-bond acceptors (Lipinski definition) is 5. The summed E-state index contributed by atoms with van der Waals surface area (Å²) in [4.78, 5) is 8.28. The normalized spacial score (nSPS) is 10.4. The standard InChI is InChI=1S/C11H19N3OS/c1-3-4-5-6-7-15-10-8-9(12)13-11(14-10)16-2/h8H,3-7H2,1-2H3,(H2,12,13,14). The van der Waals surface area contributed by atoms with Gasteiger partial charge < -0.3 is 10.5 Å². The van der Waals surface area contributed by atoms with E-state index in [2.05, 4.69) is 16.9 Å². The number of aromatic nitrogens is 2. The van der Waals surface area contributed by atoms with Crippen molar-refractivity contribution in [1.82, 2.24) is 9.97 Å². The van der Waals surface area contributed by atoms with Crippen molar-refractivity contribution in [3.8, 4) is 5.88 Å². The average Bonchev–Trinajstić information content (AvgIpc) is 2.28. The molecule has 0 aliphatic rings. The predicted molar refractivity (Wildman–Crippen MR) is 67.9 cm³/mol. The van der Waals surface area contributed by atoms with Gasteiger partial charge in [-0.1, -0.05) is 37.9 Å². The van der Waals surface area contributed by atoms with Crippen LogP contribution in [0.5, 0.6) is 5.88 Å². The minimum Gasteiger partial charge on any atom is -0.478 e. The summed E-state index contributed by atoms with van der Waals surface area (Å²) in [7, 11) is 0. The molecule has 0 amide bonds. The molecule has 0 unspecified atom stereocenters. The number of rotatable bonds is 7. The lowest BCUT2D eigenvalue weighted by molar-refractivity contribution is 0.291. The first-order valence-corrected chi connectivity index (χ1v) is 6.80. The molecule has 0 atom stereocenters. The number of thioether (sulfide) groups is 1. The molecule has 1 heterocycles. The Morgan fingerprint density at radius 2 is 2.12 bits per heavy atom. The van der Waals surface area contributed by atoms with Gasteiger partial charge in [-0.15, -0.1) is 0 Å². The van der Waals surface area contributed by atoms with Crippen LogP contribution in [0.1, 0.15) is 32.6 Å². The Balaban J connectivity index is 2.38. The summed E-state index contributed by atoms with van der Waals surface area (Å²) in [5.41, 5.74) is 5.64. The molecule has 0 saturated carbocycles. The second-order valence-corrected chi connectivity index (χ2v) is 4.30. The van der Waals surface area contributed by atoms with Crippen LogP contribution in [0.25, 0.3) is 0 Å². The Bertz CT molecular complexity index is 320. The minimum atomic E-state index is 0.461. The zero-order chi connectivity index (χ0) is 11.8. The highest BCUT2D eigenvalue weighted by Gasteiger charge is 2.02. The van der Waals surface area contributed by atoms with Gasteiger partial charge in [0.25, 0.3) is 0 Å². The van der Waals surface area contributed by atoms with E-state index in [9.17, 15) is 0 Å². The van der Waals surface area contributed by atoms with Gasteiger partial charge in [0.1, 0.15) is 5.82 Å². The molecule has 0 spiro atoms. The summed E-state index contributed by atoms with van der Waals surface area (Å²) in [5, 5.41) is 0.656. The molecule has 0 saturated heterocycles. The van der Waals surface area contributed by atoms with Crippen molar-refractivity contribution in [1.29, 1.82) is 0 Å². The van der Waals surface area contributed by atoms with Gasteiger partial charge >= 0.3 is 0 Å². The highest BCUT2D eigenvalue weighted by molar-refractivity contribution is 7.98. The molecule has 0 fully saturated rings. The van der Waals surface area contributed by atoms with E-state index < -0.39 is 0 Å². The zero-order valence-corrected chi connectivity index (χ0v) is 10.7. The number of nitrogens with zero attached hydrogens (tertiary/aromatic N) is 2. The molecule has 0 aliphatic heterocycles. The first-order valence-electron chi connectivity index (χ1n) is 5.57. The van der Waals surface area contributed by atoms with Gasteiger partial charge in [0, 0.05) is 6.07 Å². The van der Waals surface area contributed by atoms with Crippen molar-refractivity contribution < 1.29 is 4.74 Å². The van der Waals surface area contributed by atoms with E-state index in [0.717, 1.165) is 6.42 Å². The number of ether oxygens (including phenoxy) is 1. The van der Waals surface area contributed by atoms with Crippen LogP contribution in [-0.4, -0.2) is 22.8 Å². The Kier molecular flexibility index (Phi) is 6.00. The monoisotopic (exact) mass is 241 g/mol. The highest BCUT2D eigenvalue weighted by Crippen LogP contribution is 2.17. The maximum absolute atomic E-state index is 5.64. The van der Waals surface area contributed by atoms with Crippen LogP contribution in [0.3, 0.4) is 0 Å². The number of unbranched alkanes of at least 4 members (excludes halogenated alkanes) is 3. The molecule has 0 aromatic carbocycles. The van der Waals surface area contributed by atoms with Crippen LogP contribution in [-0.2, 0) is 0 Å². The maximum Gasteiger partial charge on any atom is 0.219 e. The molecule has 16 heavy (non-hydrogen) atoms. The lowest BCUT2D eigenvalue weighted by Gasteiger charge is -2.06. The lowest BCUT2D eigenvalue weighted by atomic mass is 10.2. The summed E-state index contributed by atoms with van der Waals surface area (Å²) < 4.78 is 5.53. The molecule has 0 aliphatic carbocycles. The molecule has 1 rings (SSSR count). The molecule has 90 valence electrons. The third-order valence-electron chi connectivity index (χ3n) is 2.13. The van der Waals surface area contributed by atoms with E-state index in [1.165, 1.54) is 31.0 Å². The fourth-order valence-electron chi connectivity index (χ4n) is 1.29. The van der Waals surface area contributed by atoms with E-state index in [1.807, 2.05) is 6.26 Å². The molecule has 4 nitrogen and oxygen atoms in total. The van der Waals surface area contributed by atoms with Gasteiger partial charge in [0.05, 0.1) is 6.61 Å². The van der Waals surface area contributed by atoms with Gasteiger partial charge in [-0.2, -0.15) is 4.98 Å². The molecule has 5 heteroatoms. The van der Waals surface area contributed by atoms with E-state index in [-0.39, 0.29) is 0 Å². The van der Waals surface area contributed by atoms with Crippen LogP contribution in [0.2, 0.25) is 0 Å². The fraction of sp³-hybridized carbons (Fsp3) is 0.636. The maximum atomic E-state index is 5.64. The van der Waals surface area contributed by atoms with Gasteiger partial charge in [-0.05, 0) is 12.7 Å². The van der Waals surface area contributed by atoms with E-state index >= 15 is 0 Å². The second-order valence-electron chi connectivity index (χ2n) is 3.53. The van der Waals surface area contributed by atoms with Gasteiger partial charge in [-0.3, -0.25) is 0 Å². The van der Waals surface area contributed by atoms with Crippen LogP contribution in [0.15, 0.2) is 11.2 Å². The topological polar surface area (TPSA) is 61.0 Å². The summed E-state index contributed by atoms with van der Waals surface area (Å²) in [5.74, 6) is 1.04. The van der Waals surface area contributed by atoms with Gasteiger partial charge in [0.2, 0.25) is 5.88 Å². The number of nitrogen functional groups attached to an aromatic ring is 1. The van der Waals surface area contributed by atoms with E-state index in [0.29, 0.717) is 23.5 Å². The van der Waals surface area contributed by atoms with Crippen molar-refractivity contribution >= 4 is 17.6 Å². The number of nitrogens with two attached hydrogens (primary N) is 1. The minimum absolute atomic E-state index is 0.461. The molecule has 1 aromatic heterocycles. The zero-order valence-electron chi connectivity index (χ0n) is 9.90. The van der Waals surface area contributed by atoms with Crippen molar-refractivity contribution in [2.45, 2.75) is 37.8 Å². The van der Waals surface area contributed by atoms with Crippen molar-refractivity contribution in [3.05, 3.63) is 6.07 Å². The molecule has 2 N–H and O–H groups in total. The first-order chi connectivity index (χ1) is 7.76. The van der Waals surface area contributed by atoms with Crippen LogP contribution in [0, 0.1) is 0 Å². The van der Waals surface area contributed by atoms with Crippen molar-refractivity contribution in [3.63, 3.8) is 0 Å². The Labute approximate surface area is 101 Å². The van der Waals surface area contributed by atoms with E-state index in [1.54, 1.807) is 6.07 Å². The quantitative estimate of drug-likeness (QED) is 0.452.